The Morgan fingerprint density at radius 2 is 1.94 bits per heavy atom. The molecule has 0 saturated heterocycles. The minimum atomic E-state index is -0.312. The summed E-state index contributed by atoms with van der Waals surface area (Å²) >= 11 is 0. The zero-order chi connectivity index (χ0) is 13.2. The largest absolute Gasteiger partial charge is 0.368 e. The molecular weight excluding hydrogens is 212 g/mol. The lowest BCUT2D eigenvalue weighted by atomic mass is 9.86. The molecule has 0 aliphatic heterocycles. The summed E-state index contributed by atoms with van der Waals surface area (Å²) in [5.41, 5.74) is 8.81. The van der Waals surface area contributed by atoms with E-state index in [1.807, 2.05) is 18.9 Å². The van der Waals surface area contributed by atoms with Gasteiger partial charge in [0.15, 0.2) is 0 Å². The molecule has 3 heteroatoms. The van der Waals surface area contributed by atoms with E-state index in [1.165, 1.54) is 5.56 Å². The van der Waals surface area contributed by atoms with Gasteiger partial charge in [-0.15, -0.1) is 0 Å². The summed E-state index contributed by atoms with van der Waals surface area (Å²) in [6.07, 6.45) is 0. The number of aryl methyl sites for hydroxylation is 1. The number of anilines is 1. The first-order valence-corrected chi connectivity index (χ1v) is 5.82. The van der Waals surface area contributed by atoms with Crippen LogP contribution in [-0.4, -0.2) is 19.5 Å². The summed E-state index contributed by atoms with van der Waals surface area (Å²) in [5.74, 6) is -0.312. The molecule has 1 aromatic carbocycles. The van der Waals surface area contributed by atoms with Gasteiger partial charge in [0.2, 0.25) is 5.91 Å². The topological polar surface area (TPSA) is 46.3 Å². The summed E-state index contributed by atoms with van der Waals surface area (Å²) in [7, 11) is 1.89. The molecule has 1 amide bonds. The molecule has 1 aromatic rings. The van der Waals surface area contributed by atoms with Crippen molar-refractivity contribution in [2.45, 2.75) is 33.1 Å². The first-order valence-electron chi connectivity index (χ1n) is 5.82. The highest BCUT2D eigenvalue weighted by Gasteiger charge is 2.16. The Morgan fingerprint density at radius 3 is 2.41 bits per heavy atom. The molecule has 0 bridgehead atoms. The van der Waals surface area contributed by atoms with Crippen molar-refractivity contribution in [3.63, 3.8) is 0 Å². The van der Waals surface area contributed by atoms with E-state index in [2.05, 4.69) is 39.0 Å². The Bertz CT molecular complexity index is 419. The Morgan fingerprint density at radius 1 is 1.35 bits per heavy atom. The zero-order valence-corrected chi connectivity index (χ0v) is 11.4. The Balaban J connectivity index is 3.10. The van der Waals surface area contributed by atoms with E-state index in [0.717, 1.165) is 11.3 Å². The second-order valence-electron chi connectivity index (χ2n) is 5.57. The van der Waals surface area contributed by atoms with Gasteiger partial charge in [-0.1, -0.05) is 32.9 Å². The van der Waals surface area contributed by atoms with Gasteiger partial charge in [0.25, 0.3) is 0 Å². The summed E-state index contributed by atoms with van der Waals surface area (Å²) in [5, 5.41) is 0. The van der Waals surface area contributed by atoms with Crippen LogP contribution in [0.3, 0.4) is 0 Å². The number of rotatable bonds is 3. The van der Waals surface area contributed by atoms with Crippen molar-refractivity contribution in [2.24, 2.45) is 5.73 Å². The van der Waals surface area contributed by atoms with Gasteiger partial charge in [0.1, 0.15) is 0 Å². The van der Waals surface area contributed by atoms with E-state index in [9.17, 15) is 4.79 Å². The molecule has 17 heavy (non-hydrogen) atoms. The van der Waals surface area contributed by atoms with Crippen molar-refractivity contribution < 1.29 is 4.79 Å². The van der Waals surface area contributed by atoms with E-state index in [4.69, 9.17) is 5.73 Å². The molecule has 94 valence electrons. The van der Waals surface area contributed by atoms with Crippen LogP contribution in [0.15, 0.2) is 18.2 Å². The van der Waals surface area contributed by atoms with Gasteiger partial charge in [0.05, 0.1) is 6.54 Å². The van der Waals surface area contributed by atoms with Gasteiger partial charge in [-0.2, -0.15) is 0 Å². The van der Waals surface area contributed by atoms with Crippen molar-refractivity contribution in [3.8, 4) is 0 Å². The number of nitrogens with zero attached hydrogens (tertiary/aromatic N) is 1. The highest BCUT2D eigenvalue weighted by atomic mass is 16.1. The summed E-state index contributed by atoms with van der Waals surface area (Å²) in [4.78, 5) is 12.9. The molecule has 0 spiro atoms. The smallest absolute Gasteiger partial charge is 0.236 e. The highest BCUT2D eigenvalue weighted by Crippen LogP contribution is 2.28. The Hall–Kier alpha value is -1.51. The summed E-state index contributed by atoms with van der Waals surface area (Å²) in [6.45, 7) is 8.81. The van der Waals surface area contributed by atoms with Crippen LogP contribution >= 0.6 is 0 Å². The molecule has 0 heterocycles. The van der Waals surface area contributed by atoms with E-state index >= 15 is 0 Å². The third kappa shape index (κ3) is 3.48. The molecule has 0 radical (unpaired) electrons. The average molecular weight is 234 g/mol. The van der Waals surface area contributed by atoms with Crippen LogP contribution < -0.4 is 10.6 Å². The zero-order valence-electron chi connectivity index (χ0n) is 11.4. The van der Waals surface area contributed by atoms with Crippen molar-refractivity contribution in [1.29, 1.82) is 0 Å². The van der Waals surface area contributed by atoms with E-state index in [1.54, 1.807) is 0 Å². The number of hydrogen-bond donors (Lipinski definition) is 1. The monoisotopic (exact) mass is 234 g/mol. The quantitative estimate of drug-likeness (QED) is 0.871. The maximum absolute atomic E-state index is 11.0. The fourth-order valence-corrected chi connectivity index (χ4v) is 1.81. The fraction of sp³-hybridized carbons (Fsp3) is 0.500. The summed E-state index contributed by atoms with van der Waals surface area (Å²) in [6, 6.07) is 6.36. The van der Waals surface area contributed by atoms with Gasteiger partial charge < -0.3 is 10.6 Å². The predicted octanol–water partition coefficient (Wildman–Crippen LogP) is 2.21. The second kappa shape index (κ2) is 4.78. The summed E-state index contributed by atoms with van der Waals surface area (Å²) < 4.78 is 0. The van der Waals surface area contributed by atoms with Crippen molar-refractivity contribution in [1.82, 2.24) is 0 Å². The molecule has 0 unspecified atom stereocenters. The molecule has 0 fully saturated rings. The van der Waals surface area contributed by atoms with Crippen LogP contribution in [0.5, 0.6) is 0 Å². The molecular formula is C14H22N2O. The lowest BCUT2D eigenvalue weighted by Gasteiger charge is -2.25. The lowest BCUT2D eigenvalue weighted by molar-refractivity contribution is -0.116. The van der Waals surface area contributed by atoms with E-state index in [-0.39, 0.29) is 17.9 Å². The number of carbonyl (C=O) groups is 1. The molecule has 0 saturated carbocycles. The van der Waals surface area contributed by atoms with Crippen molar-refractivity contribution in [2.75, 3.05) is 18.5 Å². The Kier molecular flexibility index (Phi) is 3.81. The standard InChI is InChI=1S/C14H22N2O/c1-10-6-7-11(14(2,3)4)8-12(10)16(5)9-13(15)17/h6-8H,9H2,1-5H3,(H2,15,17). The van der Waals surface area contributed by atoms with Crippen molar-refractivity contribution in [3.05, 3.63) is 29.3 Å². The normalized spacial score (nSPS) is 11.4. The fourth-order valence-electron chi connectivity index (χ4n) is 1.81. The number of hydrogen-bond acceptors (Lipinski definition) is 2. The predicted molar refractivity (Wildman–Crippen MR) is 72.3 cm³/mol. The molecule has 2 N–H and O–H groups in total. The lowest BCUT2D eigenvalue weighted by Crippen LogP contribution is -2.31. The number of benzene rings is 1. The maximum Gasteiger partial charge on any atom is 0.236 e. The Labute approximate surface area is 104 Å². The van der Waals surface area contributed by atoms with Crippen molar-refractivity contribution >= 4 is 11.6 Å². The van der Waals surface area contributed by atoms with Gasteiger partial charge in [-0.3, -0.25) is 4.79 Å². The molecule has 0 aromatic heterocycles. The van der Waals surface area contributed by atoms with Gasteiger partial charge in [-0.05, 0) is 29.5 Å². The second-order valence-corrected chi connectivity index (χ2v) is 5.57. The molecule has 0 aliphatic carbocycles. The van der Waals surface area contributed by atoms with E-state index < -0.39 is 0 Å². The van der Waals surface area contributed by atoms with Crippen LogP contribution in [0.25, 0.3) is 0 Å². The van der Waals surface area contributed by atoms with E-state index in [0.29, 0.717) is 0 Å². The van der Waals surface area contributed by atoms with Gasteiger partial charge >= 0.3 is 0 Å². The van der Waals surface area contributed by atoms with Crippen LogP contribution in [-0.2, 0) is 10.2 Å². The molecule has 0 aliphatic rings. The molecule has 0 atom stereocenters. The number of likely N-dealkylation sites (N-methyl/N-ethyl adjacent to an activating group) is 1. The first-order chi connectivity index (χ1) is 7.71. The minimum Gasteiger partial charge on any atom is -0.368 e. The highest BCUT2D eigenvalue weighted by molar-refractivity contribution is 5.79. The first kappa shape index (κ1) is 13.6. The molecule has 3 nitrogen and oxygen atoms in total. The third-order valence-electron chi connectivity index (χ3n) is 2.88. The maximum atomic E-state index is 11.0. The number of nitrogens with two attached hydrogens (primary N) is 1. The number of primary amides is 1. The average Bonchev–Trinajstić information content (AvgIpc) is 2.15. The SMILES string of the molecule is Cc1ccc(C(C)(C)C)cc1N(C)CC(N)=O. The van der Waals surface area contributed by atoms with Crippen LogP contribution in [0.1, 0.15) is 31.9 Å². The number of amides is 1. The van der Waals surface area contributed by atoms with Gasteiger partial charge in [-0.25, -0.2) is 0 Å². The van der Waals surface area contributed by atoms with Gasteiger partial charge in [0, 0.05) is 12.7 Å². The van der Waals surface area contributed by atoms with Crippen LogP contribution in [0, 0.1) is 6.92 Å². The third-order valence-corrected chi connectivity index (χ3v) is 2.88. The van der Waals surface area contributed by atoms with Crippen LogP contribution in [0.2, 0.25) is 0 Å². The molecule has 1 rings (SSSR count). The number of carbonyl (C=O) groups excluding carboxylic acids is 1. The minimum absolute atomic E-state index is 0.107. The van der Waals surface area contributed by atoms with Crippen LogP contribution in [0.4, 0.5) is 5.69 Å².